The third-order valence-corrected chi connectivity index (χ3v) is 10.2. The maximum Gasteiger partial charge on any atom is 0.261 e. The Morgan fingerprint density at radius 1 is 0.804 bits per heavy atom. The van der Waals surface area contributed by atoms with Crippen LogP contribution in [0.1, 0.15) is 83.5 Å². The molecule has 51 heavy (non-hydrogen) atoms. The summed E-state index contributed by atoms with van der Waals surface area (Å²) in [4.78, 5) is 66.9. The first-order valence-corrected chi connectivity index (χ1v) is 17.9. The van der Waals surface area contributed by atoms with E-state index < -0.39 is 33.8 Å². The molecule has 4 aromatic rings. The molecular weight excluding hydrogens is 650 g/mol. The molecule has 0 aliphatic heterocycles. The average molecular weight is 694 g/mol. The second-order valence-electron chi connectivity index (χ2n) is 13.3. The normalized spacial score (nSPS) is 15.2. The minimum Gasteiger partial charge on any atom is -0.871 e. The predicted octanol–water partition coefficient (Wildman–Crippen LogP) is 3.31. The van der Waals surface area contributed by atoms with Crippen LogP contribution in [0.2, 0.25) is 0 Å². The number of likely N-dealkylation sites (N-methyl/N-ethyl adjacent to an activating group) is 1. The van der Waals surface area contributed by atoms with Gasteiger partial charge < -0.3 is 10.2 Å². The van der Waals surface area contributed by atoms with Gasteiger partial charge in [0.15, 0.2) is 18.0 Å². The van der Waals surface area contributed by atoms with Crippen molar-refractivity contribution in [1.82, 2.24) is 18.9 Å². The number of ketones is 1. The first kappa shape index (κ1) is 35.4. The zero-order chi connectivity index (χ0) is 36.7. The highest BCUT2D eigenvalue weighted by molar-refractivity contribution is 6.40. The molecule has 0 spiro atoms. The molecule has 1 atom stereocenters. The van der Waals surface area contributed by atoms with Crippen molar-refractivity contribution in [3.8, 4) is 5.88 Å². The van der Waals surface area contributed by atoms with E-state index in [2.05, 4.69) is 12.0 Å². The van der Waals surface area contributed by atoms with Gasteiger partial charge in [0.1, 0.15) is 6.54 Å². The van der Waals surface area contributed by atoms with Gasteiger partial charge in [-0.2, -0.15) is 5.10 Å². The van der Waals surface area contributed by atoms with Crippen LogP contribution in [0.5, 0.6) is 5.88 Å². The van der Waals surface area contributed by atoms with Crippen LogP contribution in [0, 0.1) is 6.92 Å². The highest BCUT2D eigenvalue weighted by atomic mass is 16.3. The van der Waals surface area contributed by atoms with Crippen LogP contribution in [-0.2, 0) is 17.9 Å². The van der Waals surface area contributed by atoms with Crippen molar-refractivity contribution in [2.75, 3.05) is 13.1 Å². The van der Waals surface area contributed by atoms with Crippen molar-refractivity contribution in [2.24, 2.45) is 0 Å². The topological polar surface area (TPSA) is 159 Å². The summed E-state index contributed by atoms with van der Waals surface area (Å²) in [5.74, 6) is -1.06. The van der Waals surface area contributed by atoms with Gasteiger partial charge in [-0.15, -0.1) is 0 Å². The number of carbonyl (C=O) groups excluding carboxylic acids is 1. The Kier molecular flexibility index (Phi) is 9.79. The number of benzene rings is 1. The number of fused-ring (bicyclic) bond motifs is 2. The minimum atomic E-state index is -0.511. The van der Waals surface area contributed by atoms with E-state index in [4.69, 9.17) is 0 Å². The molecule has 6 rings (SSSR count). The number of aromatic nitrogens is 4. The fourth-order valence-electron chi connectivity index (χ4n) is 7.27. The molecule has 1 aromatic carbocycles. The molecule has 0 saturated heterocycles. The number of carbonyl (C=O) groups is 1. The fraction of sp³-hybridized carbons (Fsp3) is 0.410. The van der Waals surface area contributed by atoms with E-state index in [1.54, 1.807) is 31.2 Å². The highest BCUT2D eigenvalue weighted by Gasteiger charge is 2.35. The minimum absolute atomic E-state index is 0.0453. The summed E-state index contributed by atoms with van der Waals surface area (Å²) in [6, 6.07) is 2.57. The molecule has 12 nitrogen and oxygen atoms in total. The van der Waals surface area contributed by atoms with Gasteiger partial charge >= 0.3 is 0 Å². The Balaban J connectivity index is 1.25. The molecule has 0 saturated carbocycles. The highest BCUT2D eigenvalue weighted by Crippen LogP contribution is 2.42. The maximum absolute atomic E-state index is 13.5. The second kappa shape index (κ2) is 14.1. The van der Waals surface area contributed by atoms with E-state index in [1.165, 1.54) is 21.4 Å². The van der Waals surface area contributed by atoms with Crippen LogP contribution >= 0.6 is 0 Å². The van der Waals surface area contributed by atoms with Gasteiger partial charge in [-0.3, -0.25) is 33.1 Å². The lowest BCUT2D eigenvalue weighted by molar-refractivity contribution is -0.524. The van der Waals surface area contributed by atoms with Gasteiger partial charge in [-0.1, -0.05) is 45.8 Å². The SMILES string of the molecule is CCCCC(CC)n1c(=O)c2cc3c(=O)n(CC[N+](CC)=C4C=CC(=C5C(=O)C(c6c(C)nn(CCCC)c6O)=C5[O-])C=C4)c(=O)c3cc2c1=O. The molecular formula is C39H43N5O7. The number of nitrogens with zero attached hydrogens (tertiary/aromatic N) is 5. The van der Waals surface area contributed by atoms with Gasteiger partial charge in [0.2, 0.25) is 5.88 Å². The summed E-state index contributed by atoms with van der Waals surface area (Å²) in [6.45, 7) is 11.0. The number of hydrogen-bond donors (Lipinski definition) is 1. The van der Waals surface area contributed by atoms with Crippen LogP contribution in [0.4, 0.5) is 0 Å². The first-order chi connectivity index (χ1) is 24.5. The quantitative estimate of drug-likeness (QED) is 0.165. The van der Waals surface area contributed by atoms with Crippen molar-refractivity contribution in [1.29, 1.82) is 0 Å². The Bertz CT molecular complexity index is 2360. The molecule has 266 valence electrons. The summed E-state index contributed by atoms with van der Waals surface area (Å²) < 4.78 is 5.81. The van der Waals surface area contributed by atoms with E-state index in [9.17, 15) is 34.2 Å². The largest absolute Gasteiger partial charge is 0.871 e. The Morgan fingerprint density at radius 2 is 1.39 bits per heavy atom. The summed E-state index contributed by atoms with van der Waals surface area (Å²) in [5.41, 5.74) is -0.0653. The van der Waals surface area contributed by atoms with E-state index in [-0.39, 0.29) is 56.7 Å². The molecule has 12 heteroatoms. The molecule has 1 N–H and O–H groups in total. The van der Waals surface area contributed by atoms with Crippen molar-refractivity contribution >= 4 is 38.6 Å². The van der Waals surface area contributed by atoms with Crippen LogP contribution in [0.15, 0.2) is 72.5 Å². The summed E-state index contributed by atoms with van der Waals surface area (Å²) >= 11 is 0. The summed E-state index contributed by atoms with van der Waals surface area (Å²) in [7, 11) is 0. The number of aryl methyl sites for hydroxylation is 2. The number of hydrogen-bond acceptors (Lipinski definition) is 8. The van der Waals surface area contributed by atoms with E-state index >= 15 is 0 Å². The summed E-state index contributed by atoms with van der Waals surface area (Å²) in [6.07, 6.45) is 11.8. The van der Waals surface area contributed by atoms with Crippen LogP contribution in [0.25, 0.3) is 27.1 Å². The molecule has 2 aliphatic rings. The fourth-order valence-corrected chi connectivity index (χ4v) is 7.27. The third kappa shape index (κ3) is 5.86. The standard InChI is InChI=1S/C39H43N5O7/c1-6-10-12-24(8-3)44-37(49)28-20-26-27(21-29(28)38(44)50)36(48)42(35(26)47)19-18-41(9-4)25-15-13-23(14-16-25)31-33(45)32(34(31)46)30-22(5)40-43(39(30)51)17-11-7-2/h13-16,20-21,24H,6-12,17-19H2,1-5H3,(H,45,46). The molecule has 3 aromatic heterocycles. The van der Waals surface area contributed by atoms with Gasteiger partial charge in [0.05, 0.1) is 39.3 Å². The number of aromatic hydroxyl groups is 1. The van der Waals surface area contributed by atoms with E-state index in [0.717, 1.165) is 36.0 Å². The lowest BCUT2D eigenvalue weighted by Crippen LogP contribution is -2.32. The molecule has 0 fully saturated rings. The van der Waals surface area contributed by atoms with Crippen molar-refractivity contribution in [3.63, 3.8) is 0 Å². The zero-order valence-corrected chi connectivity index (χ0v) is 29.7. The maximum atomic E-state index is 13.5. The van der Waals surface area contributed by atoms with Crippen LogP contribution in [-0.4, -0.2) is 53.2 Å². The number of rotatable bonds is 13. The van der Waals surface area contributed by atoms with Gasteiger partial charge in [0, 0.05) is 35.9 Å². The molecule has 0 radical (unpaired) electrons. The van der Waals surface area contributed by atoms with Gasteiger partial charge in [-0.25, -0.2) is 9.26 Å². The van der Waals surface area contributed by atoms with E-state index in [0.29, 0.717) is 43.7 Å². The second-order valence-corrected chi connectivity index (χ2v) is 13.3. The van der Waals surface area contributed by atoms with Gasteiger partial charge in [-0.05, 0) is 63.0 Å². The van der Waals surface area contributed by atoms with Crippen molar-refractivity contribution in [2.45, 2.75) is 92.3 Å². The first-order valence-electron chi connectivity index (χ1n) is 17.9. The molecule has 1 unspecified atom stereocenters. The van der Waals surface area contributed by atoms with Crippen molar-refractivity contribution < 1.29 is 19.6 Å². The average Bonchev–Trinajstić information content (AvgIpc) is 3.64. The van der Waals surface area contributed by atoms with Crippen molar-refractivity contribution in [3.05, 3.63) is 106 Å². The molecule has 0 bridgehead atoms. The third-order valence-electron chi connectivity index (χ3n) is 10.2. The Morgan fingerprint density at radius 3 is 1.92 bits per heavy atom. The number of unbranched alkanes of at least 4 members (excludes halogenated alkanes) is 2. The Labute approximate surface area is 294 Å². The Hall–Kier alpha value is -5.39. The lowest BCUT2D eigenvalue weighted by Gasteiger charge is -2.32. The molecule has 2 aliphatic carbocycles. The van der Waals surface area contributed by atoms with Gasteiger partial charge in [0.25, 0.3) is 22.2 Å². The lowest BCUT2D eigenvalue weighted by atomic mass is 9.80. The summed E-state index contributed by atoms with van der Waals surface area (Å²) in [5, 5.41) is 28.8. The number of allylic oxidation sites excluding steroid dienone is 7. The predicted molar refractivity (Wildman–Crippen MR) is 195 cm³/mol. The molecule has 3 heterocycles. The molecule has 0 amide bonds. The number of Topliss-reactive ketones (excluding diaryl/α,β-unsaturated/α-hetero) is 1. The van der Waals surface area contributed by atoms with Crippen LogP contribution in [0.3, 0.4) is 0 Å². The van der Waals surface area contributed by atoms with Crippen LogP contribution < -0.4 is 27.3 Å². The zero-order valence-electron chi connectivity index (χ0n) is 29.7. The van der Waals surface area contributed by atoms with E-state index in [1.807, 2.05) is 25.3 Å². The smallest absolute Gasteiger partial charge is 0.261 e. The monoisotopic (exact) mass is 693 g/mol.